The number of likely N-dealkylation sites (N-methyl/N-ethyl adjacent to an activating group) is 1. The maximum absolute atomic E-state index is 14.5. The first-order valence-electron chi connectivity index (χ1n) is 17.1. The van der Waals surface area contributed by atoms with E-state index in [2.05, 4.69) is 26.6 Å². The van der Waals surface area contributed by atoms with Gasteiger partial charge in [-0.3, -0.25) is 14.4 Å². The van der Waals surface area contributed by atoms with Crippen LogP contribution in [0.2, 0.25) is 0 Å². The maximum Gasteiger partial charge on any atom is 0.315 e. The quantitative estimate of drug-likeness (QED) is 0.190. The Labute approximate surface area is 283 Å². The minimum absolute atomic E-state index is 0.0991. The fraction of sp³-hybridized carbons (Fsp3) is 0.421. The zero-order valence-corrected chi connectivity index (χ0v) is 27.9. The normalized spacial score (nSPS) is 21.1. The highest BCUT2D eigenvalue weighted by Crippen LogP contribution is 2.35. The van der Waals surface area contributed by atoms with Crippen molar-refractivity contribution in [3.05, 3.63) is 108 Å². The van der Waals surface area contributed by atoms with Gasteiger partial charge in [-0.1, -0.05) is 97.9 Å². The lowest BCUT2D eigenvalue weighted by atomic mass is 9.90. The van der Waals surface area contributed by atoms with Gasteiger partial charge in [0.2, 0.25) is 17.7 Å². The molecule has 5 rings (SSSR count). The smallest absolute Gasteiger partial charge is 0.315 e. The summed E-state index contributed by atoms with van der Waals surface area (Å²) < 4.78 is 0. The molecule has 2 fully saturated rings. The van der Waals surface area contributed by atoms with E-state index >= 15 is 0 Å². The second-order valence-electron chi connectivity index (χ2n) is 12.7. The summed E-state index contributed by atoms with van der Waals surface area (Å²) in [5, 5.41) is 15.1. The zero-order valence-electron chi connectivity index (χ0n) is 27.9. The van der Waals surface area contributed by atoms with Crippen molar-refractivity contribution in [1.29, 1.82) is 0 Å². The Morgan fingerprint density at radius 1 is 0.812 bits per heavy atom. The summed E-state index contributed by atoms with van der Waals surface area (Å²) in [6.45, 7) is 2.67. The first-order chi connectivity index (χ1) is 23.4. The van der Waals surface area contributed by atoms with Crippen molar-refractivity contribution in [2.24, 2.45) is 5.92 Å². The van der Waals surface area contributed by atoms with Gasteiger partial charge >= 0.3 is 6.03 Å². The molecule has 10 heteroatoms. The van der Waals surface area contributed by atoms with E-state index in [0.717, 1.165) is 23.1 Å². The molecule has 5 N–H and O–H groups in total. The molecule has 5 amide bonds. The summed E-state index contributed by atoms with van der Waals surface area (Å²) in [5.41, 5.74) is 2.91. The van der Waals surface area contributed by atoms with Crippen LogP contribution in [0.5, 0.6) is 0 Å². The number of hydrogen-bond donors (Lipinski definition) is 5. The molecule has 5 atom stereocenters. The molecule has 10 nitrogen and oxygen atoms in total. The molecule has 0 aromatic heterocycles. The third-order valence-corrected chi connectivity index (χ3v) is 9.69. The van der Waals surface area contributed by atoms with Gasteiger partial charge in [0.05, 0.1) is 12.1 Å². The van der Waals surface area contributed by atoms with E-state index < -0.39 is 18.1 Å². The minimum atomic E-state index is -0.813. The summed E-state index contributed by atoms with van der Waals surface area (Å²) in [7, 11) is 1.73. The molecule has 48 heavy (non-hydrogen) atoms. The van der Waals surface area contributed by atoms with Crippen LogP contribution in [0, 0.1) is 5.92 Å². The Hall–Kier alpha value is -4.70. The van der Waals surface area contributed by atoms with Gasteiger partial charge in [0.25, 0.3) is 0 Å². The highest BCUT2D eigenvalue weighted by atomic mass is 16.2. The van der Waals surface area contributed by atoms with Gasteiger partial charge in [-0.25, -0.2) is 4.79 Å². The Morgan fingerprint density at radius 2 is 1.42 bits per heavy atom. The second-order valence-corrected chi connectivity index (χ2v) is 12.7. The number of carbonyl (C=O) groups excluding carboxylic acids is 4. The maximum atomic E-state index is 14.5. The molecule has 0 aliphatic carbocycles. The molecule has 0 unspecified atom stereocenters. The summed E-state index contributed by atoms with van der Waals surface area (Å²) in [6, 6.07) is 26.7. The van der Waals surface area contributed by atoms with Crippen LogP contribution in [-0.4, -0.2) is 66.4 Å². The largest absolute Gasteiger partial charge is 0.343 e. The SMILES string of the molecule is CC[C@H](NC)C(=O)N[C@@H]1C(=O)N2[C@@H](CC[C@@H]1CCNC(=O)NCc1ccccc1)CC[C@H]2C(=O)NC(c1ccccc1)c1ccccc1. The van der Waals surface area contributed by atoms with Crippen molar-refractivity contribution >= 4 is 23.8 Å². The van der Waals surface area contributed by atoms with E-state index in [1.54, 1.807) is 11.9 Å². The molecule has 2 heterocycles. The molecule has 0 saturated carbocycles. The Morgan fingerprint density at radius 3 is 2.02 bits per heavy atom. The number of fused-ring (bicyclic) bond motifs is 1. The van der Waals surface area contributed by atoms with Gasteiger partial charge < -0.3 is 31.5 Å². The molecule has 0 spiro atoms. The van der Waals surface area contributed by atoms with Crippen molar-refractivity contribution in [1.82, 2.24) is 31.5 Å². The van der Waals surface area contributed by atoms with Crippen LogP contribution in [0.25, 0.3) is 0 Å². The van der Waals surface area contributed by atoms with Crippen molar-refractivity contribution in [2.75, 3.05) is 13.6 Å². The second kappa shape index (κ2) is 16.9. The molecule has 0 radical (unpaired) electrons. The number of benzene rings is 3. The average Bonchev–Trinajstić information content (AvgIpc) is 3.51. The van der Waals surface area contributed by atoms with Crippen molar-refractivity contribution in [2.45, 2.75) is 82.2 Å². The van der Waals surface area contributed by atoms with Crippen LogP contribution >= 0.6 is 0 Å². The number of nitrogens with one attached hydrogen (secondary N) is 5. The van der Waals surface area contributed by atoms with Gasteiger partial charge in [-0.2, -0.15) is 0 Å². The van der Waals surface area contributed by atoms with Crippen LogP contribution < -0.4 is 26.6 Å². The molecule has 254 valence electrons. The van der Waals surface area contributed by atoms with Crippen LogP contribution in [0.15, 0.2) is 91.0 Å². The van der Waals surface area contributed by atoms with Crippen LogP contribution in [0.4, 0.5) is 4.79 Å². The summed E-state index contributed by atoms with van der Waals surface area (Å²) >= 11 is 0. The number of urea groups is 1. The Bertz CT molecular complexity index is 1460. The predicted octanol–water partition coefficient (Wildman–Crippen LogP) is 4.03. The number of amides is 5. The molecular weight excluding hydrogens is 604 g/mol. The van der Waals surface area contributed by atoms with Gasteiger partial charge in [0.1, 0.15) is 12.1 Å². The van der Waals surface area contributed by atoms with Crippen molar-refractivity contribution in [3.63, 3.8) is 0 Å². The van der Waals surface area contributed by atoms with Gasteiger partial charge in [-0.05, 0) is 68.2 Å². The first-order valence-corrected chi connectivity index (χ1v) is 17.1. The third kappa shape index (κ3) is 8.60. The fourth-order valence-electron chi connectivity index (χ4n) is 7.06. The van der Waals surface area contributed by atoms with Gasteiger partial charge in [-0.15, -0.1) is 0 Å². The van der Waals surface area contributed by atoms with E-state index in [4.69, 9.17) is 0 Å². The van der Waals surface area contributed by atoms with Crippen LogP contribution in [0.3, 0.4) is 0 Å². The fourth-order valence-corrected chi connectivity index (χ4v) is 7.06. The number of rotatable bonds is 13. The van der Waals surface area contributed by atoms with Gasteiger partial charge in [0.15, 0.2) is 0 Å². The van der Waals surface area contributed by atoms with Crippen molar-refractivity contribution in [3.8, 4) is 0 Å². The van der Waals surface area contributed by atoms with E-state index in [0.29, 0.717) is 45.2 Å². The topological polar surface area (TPSA) is 132 Å². The lowest BCUT2D eigenvalue weighted by Gasteiger charge is -2.33. The third-order valence-electron chi connectivity index (χ3n) is 9.69. The lowest BCUT2D eigenvalue weighted by Crippen LogP contribution is -2.58. The first kappa shape index (κ1) is 34.6. The van der Waals surface area contributed by atoms with Crippen LogP contribution in [0.1, 0.15) is 68.2 Å². The molecule has 3 aromatic carbocycles. The van der Waals surface area contributed by atoms with Crippen molar-refractivity contribution < 1.29 is 19.2 Å². The Balaban J connectivity index is 1.30. The standard InChI is InChI=1S/C38H48N6O4/c1-3-31(39-2)35(45)43-34-29(23-24-40-38(48)41-25-26-13-7-4-8-14-26)19-20-30-21-22-32(44(30)37(34)47)36(46)42-33(27-15-9-5-10-16-27)28-17-11-6-12-18-28/h4-18,29-34,39H,3,19-25H2,1-2H3,(H,42,46)(H,43,45)(H2,40,41,48)/t29-,30+,31+,32+,34+/m1/s1. The summed E-state index contributed by atoms with van der Waals surface area (Å²) in [4.78, 5) is 56.2. The zero-order chi connectivity index (χ0) is 33.9. The molecule has 3 aromatic rings. The monoisotopic (exact) mass is 652 g/mol. The van der Waals surface area contributed by atoms with E-state index in [1.807, 2.05) is 97.9 Å². The lowest BCUT2D eigenvalue weighted by molar-refractivity contribution is -0.143. The Kier molecular flexibility index (Phi) is 12.2. The van der Waals surface area contributed by atoms with Gasteiger partial charge in [0, 0.05) is 19.1 Å². The van der Waals surface area contributed by atoms with E-state index in [-0.39, 0.29) is 41.8 Å². The highest BCUT2D eigenvalue weighted by Gasteiger charge is 2.47. The summed E-state index contributed by atoms with van der Waals surface area (Å²) in [5.74, 6) is -0.890. The van der Waals surface area contributed by atoms with Crippen LogP contribution in [-0.2, 0) is 20.9 Å². The molecule has 0 bridgehead atoms. The number of nitrogens with zero attached hydrogens (tertiary/aromatic N) is 1. The molecule has 2 saturated heterocycles. The minimum Gasteiger partial charge on any atom is -0.343 e. The summed E-state index contributed by atoms with van der Waals surface area (Å²) in [6.07, 6.45) is 3.75. The molecule has 2 aliphatic rings. The number of carbonyl (C=O) groups is 4. The predicted molar refractivity (Wildman–Crippen MR) is 186 cm³/mol. The van der Waals surface area contributed by atoms with E-state index in [1.165, 1.54) is 0 Å². The molecular formula is C38H48N6O4. The van der Waals surface area contributed by atoms with E-state index in [9.17, 15) is 19.2 Å². The average molecular weight is 653 g/mol. The molecule has 2 aliphatic heterocycles. The number of hydrogen-bond acceptors (Lipinski definition) is 5. The highest BCUT2D eigenvalue weighted by molar-refractivity contribution is 5.94.